The van der Waals surface area contributed by atoms with Gasteiger partial charge in [-0.05, 0) is 26.0 Å². The third kappa shape index (κ3) is 3.28. The van der Waals surface area contributed by atoms with Crippen molar-refractivity contribution >= 4 is 27.5 Å². The van der Waals surface area contributed by atoms with Crippen molar-refractivity contribution in [2.75, 3.05) is 5.73 Å². The van der Waals surface area contributed by atoms with Crippen LogP contribution < -0.4 is 5.73 Å². The van der Waals surface area contributed by atoms with Crippen molar-refractivity contribution in [3.05, 3.63) is 46.7 Å². The van der Waals surface area contributed by atoms with Gasteiger partial charge in [0.1, 0.15) is 28.6 Å². The smallest absolute Gasteiger partial charge is 0.221 e. The summed E-state index contributed by atoms with van der Waals surface area (Å²) < 4.78 is 2.37. The maximum absolute atomic E-state index is 10.1. The summed E-state index contributed by atoms with van der Waals surface area (Å²) in [4.78, 5) is 12.9. The van der Waals surface area contributed by atoms with Crippen LogP contribution in [0.15, 0.2) is 29.8 Å². The number of rotatable bonds is 4. The van der Waals surface area contributed by atoms with Crippen LogP contribution in [0.1, 0.15) is 30.8 Å². The molecular formula is C18H16N8OS. The van der Waals surface area contributed by atoms with Crippen molar-refractivity contribution in [3.63, 3.8) is 0 Å². The first-order valence-electron chi connectivity index (χ1n) is 8.39. The predicted molar refractivity (Wildman–Crippen MR) is 104 cm³/mol. The molecule has 0 aliphatic heterocycles. The quantitative estimate of drug-likeness (QED) is 0.538. The van der Waals surface area contributed by atoms with Crippen LogP contribution in [0.4, 0.5) is 5.95 Å². The highest BCUT2D eigenvalue weighted by molar-refractivity contribution is 7.18. The molecule has 0 spiro atoms. The van der Waals surface area contributed by atoms with Gasteiger partial charge in [0.05, 0.1) is 34.4 Å². The molecule has 0 amide bonds. The topological polar surface area (TPSA) is 139 Å². The fourth-order valence-electron chi connectivity index (χ4n) is 2.75. The van der Waals surface area contributed by atoms with Crippen molar-refractivity contribution in [2.45, 2.75) is 26.0 Å². The Morgan fingerprint density at radius 2 is 2.11 bits per heavy atom. The Labute approximate surface area is 164 Å². The molecule has 0 radical (unpaired) electrons. The summed E-state index contributed by atoms with van der Waals surface area (Å²) in [5.74, 6) is 0.0755. The highest BCUT2D eigenvalue weighted by Crippen LogP contribution is 2.32. The number of aromatic nitrogens is 6. The van der Waals surface area contributed by atoms with Crippen LogP contribution in [-0.4, -0.2) is 35.1 Å². The first-order chi connectivity index (χ1) is 13.3. The standard InChI is InChI=1S/C18H16N8OS/c1-18(2,27)13-5-3-4-11(21-13)7-26-8-12(24-25-26)15-16-14(22-17(20)23-15)10(6-19)9-28-16/h3-5,8-9,27H,7H2,1-2H3,(H2,20,22,23). The zero-order valence-electron chi connectivity index (χ0n) is 15.2. The zero-order valence-corrected chi connectivity index (χ0v) is 16.0. The van der Waals surface area contributed by atoms with Crippen molar-refractivity contribution in [1.29, 1.82) is 5.26 Å². The third-order valence-electron chi connectivity index (χ3n) is 4.09. The van der Waals surface area contributed by atoms with E-state index in [-0.39, 0.29) is 5.95 Å². The SMILES string of the molecule is CC(C)(O)c1cccc(Cn2cc(-c3nc(N)nc4c(C#N)csc34)nn2)n1. The van der Waals surface area contributed by atoms with Gasteiger partial charge >= 0.3 is 0 Å². The molecule has 0 aliphatic rings. The summed E-state index contributed by atoms with van der Waals surface area (Å²) in [5.41, 5.74) is 8.16. The summed E-state index contributed by atoms with van der Waals surface area (Å²) in [6.45, 7) is 3.76. The number of nitrogens with zero attached hydrogens (tertiary/aromatic N) is 7. The Bertz CT molecular complexity index is 1210. The molecule has 28 heavy (non-hydrogen) atoms. The lowest BCUT2D eigenvalue weighted by Gasteiger charge is -2.17. The van der Waals surface area contributed by atoms with Crippen LogP contribution in [0.5, 0.6) is 0 Å². The van der Waals surface area contributed by atoms with Crippen molar-refractivity contribution in [2.24, 2.45) is 0 Å². The molecule has 4 rings (SSSR count). The zero-order chi connectivity index (χ0) is 19.9. The van der Waals surface area contributed by atoms with Gasteiger partial charge in [-0.15, -0.1) is 16.4 Å². The molecule has 3 N–H and O–H groups in total. The average molecular weight is 392 g/mol. The summed E-state index contributed by atoms with van der Waals surface area (Å²) >= 11 is 1.37. The number of nitrogen functional groups attached to an aromatic ring is 1. The number of anilines is 1. The second-order valence-electron chi connectivity index (χ2n) is 6.74. The van der Waals surface area contributed by atoms with Gasteiger partial charge in [0.15, 0.2) is 0 Å². The molecule has 0 aromatic carbocycles. The Hall–Kier alpha value is -3.42. The fraction of sp³-hybridized carbons (Fsp3) is 0.222. The second-order valence-corrected chi connectivity index (χ2v) is 7.62. The molecule has 0 bridgehead atoms. The number of nitriles is 1. The van der Waals surface area contributed by atoms with Gasteiger partial charge in [0, 0.05) is 5.38 Å². The second kappa shape index (κ2) is 6.63. The van der Waals surface area contributed by atoms with Crippen molar-refractivity contribution < 1.29 is 5.11 Å². The molecule has 0 unspecified atom stereocenters. The largest absolute Gasteiger partial charge is 0.384 e. The molecule has 0 saturated heterocycles. The third-order valence-corrected chi connectivity index (χ3v) is 5.07. The van der Waals surface area contributed by atoms with E-state index >= 15 is 0 Å². The van der Waals surface area contributed by atoms with Crippen molar-refractivity contribution in [3.8, 4) is 17.5 Å². The van der Waals surface area contributed by atoms with Crippen LogP contribution in [0.2, 0.25) is 0 Å². The van der Waals surface area contributed by atoms with E-state index in [4.69, 9.17) is 5.73 Å². The van der Waals surface area contributed by atoms with Crippen LogP contribution >= 0.6 is 11.3 Å². The maximum atomic E-state index is 10.1. The van der Waals surface area contributed by atoms with E-state index in [9.17, 15) is 10.4 Å². The summed E-state index contributed by atoms with van der Waals surface area (Å²) in [6, 6.07) is 7.59. The molecule has 9 nitrogen and oxygen atoms in total. The van der Waals surface area contributed by atoms with E-state index < -0.39 is 5.60 Å². The summed E-state index contributed by atoms with van der Waals surface area (Å²) in [7, 11) is 0. The number of pyridine rings is 1. The molecule has 0 atom stereocenters. The van der Waals surface area contributed by atoms with Crippen molar-refractivity contribution in [1.82, 2.24) is 29.9 Å². The Kier molecular flexibility index (Phi) is 4.26. The number of thiophene rings is 1. The van der Waals surface area contributed by atoms with Gasteiger partial charge in [0.2, 0.25) is 5.95 Å². The summed E-state index contributed by atoms with van der Waals surface area (Å²) in [6.07, 6.45) is 1.74. The Balaban J connectivity index is 1.69. The molecular weight excluding hydrogens is 376 g/mol. The van der Waals surface area contributed by atoms with Crippen LogP contribution in [0, 0.1) is 11.3 Å². The summed E-state index contributed by atoms with van der Waals surface area (Å²) in [5, 5.41) is 29.4. The minimum atomic E-state index is -1.02. The fourth-order valence-corrected chi connectivity index (χ4v) is 3.68. The normalized spacial score (nSPS) is 11.6. The average Bonchev–Trinajstić information content (AvgIpc) is 3.27. The van der Waals surface area contributed by atoms with Crippen LogP contribution in [0.25, 0.3) is 21.6 Å². The van der Waals surface area contributed by atoms with Gasteiger partial charge in [-0.1, -0.05) is 11.3 Å². The van der Waals surface area contributed by atoms with E-state index in [1.807, 2.05) is 12.1 Å². The Morgan fingerprint density at radius 3 is 2.86 bits per heavy atom. The maximum Gasteiger partial charge on any atom is 0.221 e. The number of aliphatic hydroxyl groups is 1. The highest BCUT2D eigenvalue weighted by atomic mass is 32.1. The molecule has 10 heteroatoms. The van der Waals surface area contributed by atoms with Crippen LogP contribution in [0.3, 0.4) is 0 Å². The lowest BCUT2D eigenvalue weighted by atomic mass is 10.0. The number of hydrogen-bond donors (Lipinski definition) is 2. The van der Waals surface area contributed by atoms with E-state index in [2.05, 4.69) is 31.3 Å². The number of nitrogens with two attached hydrogens (primary N) is 1. The minimum Gasteiger partial charge on any atom is -0.384 e. The first kappa shape index (κ1) is 18.0. The van der Waals surface area contributed by atoms with Gasteiger partial charge in [-0.2, -0.15) is 5.26 Å². The van der Waals surface area contributed by atoms with Gasteiger partial charge < -0.3 is 10.8 Å². The molecule has 140 valence electrons. The van der Waals surface area contributed by atoms with Gasteiger partial charge in [-0.3, -0.25) is 4.98 Å². The predicted octanol–water partition coefficient (Wildman–Crippen LogP) is 2.07. The number of hydrogen-bond acceptors (Lipinski definition) is 9. The van der Waals surface area contributed by atoms with Crippen LogP contribution in [-0.2, 0) is 12.1 Å². The Morgan fingerprint density at radius 1 is 1.29 bits per heavy atom. The number of fused-ring (bicyclic) bond motifs is 1. The minimum absolute atomic E-state index is 0.0755. The monoisotopic (exact) mass is 392 g/mol. The van der Waals surface area contributed by atoms with E-state index in [0.717, 1.165) is 10.4 Å². The first-order valence-corrected chi connectivity index (χ1v) is 9.27. The molecule has 0 fully saturated rings. The molecule has 4 aromatic heterocycles. The molecule has 0 aliphatic carbocycles. The highest BCUT2D eigenvalue weighted by Gasteiger charge is 2.19. The van der Waals surface area contributed by atoms with Gasteiger partial charge in [0.25, 0.3) is 0 Å². The molecule has 0 saturated carbocycles. The van der Waals surface area contributed by atoms with E-state index in [1.54, 1.807) is 36.2 Å². The van der Waals surface area contributed by atoms with Gasteiger partial charge in [-0.25, -0.2) is 14.6 Å². The lowest BCUT2D eigenvalue weighted by molar-refractivity contribution is 0.0736. The van der Waals surface area contributed by atoms with E-state index in [0.29, 0.717) is 34.7 Å². The molecule has 4 heterocycles. The van der Waals surface area contributed by atoms with E-state index in [1.165, 1.54) is 11.3 Å². The lowest BCUT2D eigenvalue weighted by Crippen LogP contribution is -2.18. The molecule has 4 aromatic rings.